The van der Waals surface area contributed by atoms with Crippen molar-refractivity contribution in [2.24, 2.45) is 5.73 Å². The van der Waals surface area contributed by atoms with Gasteiger partial charge in [-0.2, -0.15) is 0 Å². The van der Waals surface area contributed by atoms with Crippen LogP contribution in [0.1, 0.15) is 37.1 Å². The molecule has 1 unspecified atom stereocenters. The summed E-state index contributed by atoms with van der Waals surface area (Å²) in [5.74, 6) is -1.68. The zero-order valence-corrected chi connectivity index (χ0v) is 25.4. The Morgan fingerprint density at radius 2 is 1.15 bits per heavy atom. The molecule has 0 aliphatic rings. The van der Waals surface area contributed by atoms with E-state index in [-0.39, 0.29) is 11.6 Å². The molecule has 0 heterocycles. The molecule has 1 atom stereocenters. The Morgan fingerprint density at radius 3 is 1.76 bits per heavy atom. The number of carbonyl (C=O) groups excluding carboxylic acids is 4. The second-order valence-electron chi connectivity index (χ2n) is 10.1. The van der Waals surface area contributed by atoms with Crippen LogP contribution in [0.15, 0.2) is 150 Å². The number of nitrogens with two attached hydrogens (primary N) is 1. The highest BCUT2D eigenvalue weighted by atomic mass is 32.2. The van der Waals surface area contributed by atoms with Crippen LogP contribution >= 0.6 is 11.8 Å². The topological polar surface area (TPSA) is 130 Å². The molecule has 228 valence electrons. The lowest BCUT2D eigenvalue weighted by Gasteiger charge is -2.18. The summed E-state index contributed by atoms with van der Waals surface area (Å²) in [4.78, 5) is 51.9. The van der Waals surface area contributed by atoms with E-state index in [0.29, 0.717) is 22.5 Å². The van der Waals surface area contributed by atoms with Crippen molar-refractivity contribution >= 4 is 52.8 Å². The Labute approximate surface area is 270 Å². The van der Waals surface area contributed by atoms with Crippen molar-refractivity contribution in [3.8, 4) is 0 Å². The number of hydrogen-bond acceptors (Lipinski definition) is 5. The van der Waals surface area contributed by atoms with Gasteiger partial charge in [0.2, 0.25) is 11.8 Å². The second-order valence-corrected chi connectivity index (χ2v) is 11.3. The first kappa shape index (κ1) is 31.5. The van der Waals surface area contributed by atoms with Crippen LogP contribution in [0.2, 0.25) is 0 Å². The molecule has 4 amide bonds. The molecule has 9 heteroatoms. The van der Waals surface area contributed by atoms with Crippen LogP contribution < -0.4 is 21.7 Å². The number of carbonyl (C=O) groups is 4. The third-order valence-electron chi connectivity index (χ3n) is 6.78. The first-order valence-corrected chi connectivity index (χ1v) is 15.2. The van der Waals surface area contributed by atoms with Crippen LogP contribution in [0.5, 0.6) is 0 Å². The van der Waals surface area contributed by atoms with Gasteiger partial charge in [-0.25, -0.2) is 0 Å². The quantitative estimate of drug-likeness (QED) is 0.0962. The lowest BCUT2D eigenvalue weighted by atomic mass is 10.1. The van der Waals surface area contributed by atoms with Gasteiger partial charge < -0.3 is 21.7 Å². The fourth-order valence-electron chi connectivity index (χ4n) is 4.44. The van der Waals surface area contributed by atoms with E-state index < -0.39 is 23.0 Å². The van der Waals surface area contributed by atoms with Gasteiger partial charge in [-0.15, -0.1) is 11.8 Å². The fraction of sp³-hybridized carbons (Fsp3) is 0.0270. The highest BCUT2D eigenvalue weighted by molar-refractivity contribution is 8.00. The molecule has 46 heavy (non-hydrogen) atoms. The second kappa shape index (κ2) is 15.2. The maximum atomic E-state index is 13.4. The first-order valence-electron chi connectivity index (χ1n) is 14.3. The van der Waals surface area contributed by atoms with E-state index in [2.05, 4.69) is 16.0 Å². The third kappa shape index (κ3) is 8.58. The molecule has 0 bridgehead atoms. The van der Waals surface area contributed by atoms with E-state index in [1.807, 2.05) is 78.9 Å². The van der Waals surface area contributed by atoms with Crippen LogP contribution in [-0.2, 0) is 9.59 Å². The maximum absolute atomic E-state index is 13.4. The van der Waals surface area contributed by atoms with E-state index in [0.717, 1.165) is 16.0 Å². The normalized spacial score (nSPS) is 11.6. The van der Waals surface area contributed by atoms with Crippen molar-refractivity contribution in [2.45, 2.75) is 10.1 Å². The number of amides is 4. The van der Waals surface area contributed by atoms with Gasteiger partial charge in [0, 0.05) is 27.4 Å². The molecular weight excluding hydrogens is 596 g/mol. The van der Waals surface area contributed by atoms with Crippen molar-refractivity contribution in [1.29, 1.82) is 0 Å². The van der Waals surface area contributed by atoms with E-state index in [1.165, 1.54) is 11.8 Å². The van der Waals surface area contributed by atoms with Crippen LogP contribution in [0.4, 0.5) is 11.4 Å². The molecule has 5 rings (SSSR count). The van der Waals surface area contributed by atoms with Crippen LogP contribution in [0.25, 0.3) is 6.08 Å². The zero-order chi connectivity index (χ0) is 32.3. The zero-order valence-electron chi connectivity index (χ0n) is 24.6. The Kier molecular flexibility index (Phi) is 10.4. The molecule has 0 saturated carbocycles. The summed E-state index contributed by atoms with van der Waals surface area (Å²) >= 11 is 1.35. The SMILES string of the molecule is NC(=O)c1ccc(NC(=O)C(Sc2ccc(NC(=O)/C(=C/c3ccccc3)NC(=O)c3ccccc3)cc2)c2ccccc2)cc1. The average Bonchev–Trinajstić information content (AvgIpc) is 3.09. The first-order chi connectivity index (χ1) is 22.4. The smallest absolute Gasteiger partial charge is 0.272 e. The molecule has 8 nitrogen and oxygen atoms in total. The van der Waals surface area contributed by atoms with Gasteiger partial charge in [-0.05, 0) is 77.9 Å². The molecule has 0 spiro atoms. The van der Waals surface area contributed by atoms with Crippen molar-refractivity contribution in [3.63, 3.8) is 0 Å². The van der Waals surface area contributed by atoms with Gasteiger partial charge in [0.15, 0.2) is 0 Å². The minimum atomic E-state index is -0.592. The standard InChI is InChI=1S/C37H30N4O4S/c38-34(42)27-16-18-29(19-17-27)40-37(45)33(26-12-6-2-7-13-26)46-31-22-20-30(21-23-31)39-36(44)32(24-25-10-4-1-5-11-25)41-35(43)28-14-8-3-9-15-28/h1-24,33H,(H2,38,42)(H,39,44)(H,40,45)(H,41,43)/b32-24-. The number of nitrogens with one attached hydrogen (secondary N) is 3. The van der Waals surface area contributed by atoms with Crippen LogP contribution in [0, 0.1) is 0 Å². The van der Waals surface area contributed by atoms with Crippen molar-refractivity contribution in [1.82, 2.24) is 5.32 Å². The number of benzene rings is 5. The highest BCUT2D eigenvalue weighted by Gasteiger charge is 2.23. The lowest BCUT2D eigenvalue weighted by molar-refractivity contribution is -0.116. The van der Waals surface area contributed by atoms with E-state index >= 15 is 0 Å². The Morgan fingerprint density at radius 1 is 0.609 bits per heavy atom. The monoisotopic (exact) mass is 626 g/mol. The van der Waals surface area contributed by atoms with Crippen molar-refractivity contribution in [3.05, 3.63) is 167 Å². The fourth-order valence-corrected chi connectivity index (χ4v) is 5.46. The minimum Gasteiger partial charge on any atom is -0.366 e. The predicted octanol–water partition coefficient (Wildman–Crippen LogP) is 6.67. The molecule has 0 aliphatic carbocycles. The molecule has 5 N–H and O–H groups in total. The number of hydrogen-bond donors (Lipinski definition) is 4. The number of primary amides is 1. The van der Waals surface area contributed by atoms with Gasteiger partial charge in [0.25, 0.3) is 11.8 Å². The summed E-state index contributed by atoms with van der Waals surface area (Å²) < 4.78 is 0. The van der Waals surface area contributed by atoms with E-state index in [9.17, 15) is 19.2 Å². The average molecular weight is 627 g/mol. The number of thioether (sulfide) groups is 1. The summed E-state index contributed by atoms with van der Waals surface area (Å²) in [5.41, 5.74) is 8.79. The van der Waals surface area contributed by atoms with Crippen molar-refractivity contribution < 1.29 is 19.2 Å². The van der Waals surface area contributed by atoms with E-state index in [4.69, 9.17) is 5.73 Å². The number of rotatable bonds is 11. The van der Waals surface area contributed by atoms with Crippen LogP contribution in [0.3, 0.4) is 0 Å². The van der Waals surface area contributed by atoms with E-state index in [1.54, 1.807) is 66.7 Å². The van der Waals surface area contributed by atoms with Crippen LogP contribution in [-0.4, -0.2) is 23.6 Å². The van der Waals surface area contributed by atoms with Crippen molar-refractivity contribution in [2.75, 3.05) is 10.6 Å². The third-order valence-corrected chi connectivity index (χ3v) is 8.05. The predicted molar refractivity (Wildman–Crippen MR) is 182 cm³/mol. The Hall–Kier alpha value is -5.93. The summed E-state index contributed by atoms with van der Waals surface area (Å²) in [7, 11) is 0. The molecular formula is C37H30N4O4S. The Balaban J connectivity index is 1.30. The Bertz CT molecular complexity index is 1850. The maximum Gasteiger partial charge on any atom is 0.272 e. The summed E-state index contributed by atoms with van der Waals surface area (Å²) in [6.45, 7) is 0. The van der Waals surface area contributed by atoms with Gasteiger partial charge >= 0.3 is 0 Å². The highest BCUT2D eigenvalue weighted by Crippen LogP contribution is 2.36. The molecule has 5 aromatic rings. The molecule has 0 aliphatic heterocycles. The number of anilines is 2. The summed E-state index contributed by atoms with van der Waals surface area (Å²) in [6.07, 6.45) is 1.62. The molecule has 0 fully saturated rings. The van der Waals surface area contributed by atoms with Gasteiger partial charge in [0.05, 0.1) is 0 Å². The van der Waals surface area contributed by atoms with Gasteiger partial charge in [-0.3, -0.25) is 19.2 Å². The summed E-state index contributed by atoms with van der Waals surface area (Å²) in [6, 6.07) is 40.8. The molecule has 0 saturated heterocycles. The molecule has 0 aromatic heterocycles. The largest absolute Gasteiger partial charge is 0.366 e. The summed E-state index contributed by atoms with van der Waals surface area (Å²) in [5, 5.41) is 7.92. The lowest BCUT2D eigenvalue weighted by Crippen LogP contribution is -2.30. The van der Waals surface area contributed by atoms with Gasteiger partial charge in [-0.1, -0.05) is 78.9 Å². The minimum absolute atomic E-state index is 0.0863. The molecule has 0 radical (unpaired) electrons. The van der Waals surface area contributed by atoms with Gasteiger partial charge in [0.1, 0.15) is 10.9 Å². The molecule has 5 aromatic carbocycles.